The maximum atomic E-state index is 12.8. The van der Waals surface area contributed by atoms with Gasteiger partial charge in [-0.05, 0) is 68.1 Å². The summed E-state index contributed by atoms with van der Waals surface area (Å²) in [7, 11) is 0. The van der Waals surface area contributed by atoms with E-state index < -0.39 is 0 Å². The van der Waals surface area contributed by atoms with E-state index in [1.165, 1.54) is 4.88 Å². The topological polar surface area (TPSA) is 41.6 Å². The number of thiocarbonyl (C=S) groups is 1. The lowest BCUT2D eigenvalue weighted by Crippen LogP contribution is -2.34. The van der Waals surface area contributed by atoms with E-state index in [2.05, 4.69) is 22.3 Å². The number of rotatable bonds is 6. The second kappa shape index (κ2) is 10.1. The number of fused-ring (bicyclic) bond motifs is 1. The van der Waals surface area contributed by atoms with E-state index in [9.17, 15) is 4.79 Å². The van der Waals surface area contributed by atoms with Crippen molar-refractivity contribution >= 4 is 45.3 Å². The van der Waals surface area contributed by atoms with E-state index in [1.54, 1.807) is 11.3 Å². The third-order valence-electron chi connectivity index (χ3n) is 5.37. The Morgan fingerprint density at radius 1 is 1.06 bits per heavy atom. The fourth-order valence-corrected chi connectivity index (χ4v) is 5.51. The minimum atomic E-state index is -0.262. The SMILES string of the molecule is CCOC(=O)c1c(NC(=S)N(Cc2ccccc2)c2ccccc2)sc2c1CCCC2. The molecule has 31 heavy (non-hydrogen) atoms. The number of hydrogen-bond acceptors (Lipinski definition) is 4. The monoisotopic (exact) mass is 450 g/mol. The van der Waals surface area contributed by atoms with Crippen LogP contribution in [0.2, 0.25) is 0 Å². The summed E-state index contributed by atoms with van der Waals surface area (Å²) in [6.45, 7) is 2.83. The number of para-hydroxylation sites is 1. The van der Waals surface area contributed by atoms with Crippen molar-refractivity contribution in [1.29, 1.82) is 0 Å². The molecule has 2 aromatic carbocycles. The number of aryl methyl sites for hydroxylation is 1. The van der Waals surface area contributed by atoms with Gasteiger partial charge in [-0.2, -0.15) is 0 Å². The molecule has 3 aromatic rings. The molecule has 0 bridgehead atoms. The summed E-state index contributed by atoms with van der Waals surface area (Å²) >= 11 is 7.50. The molecule has 1 aliphatic carbocycles. The average molecular weight is 451 g/mol. The molecular formula is C25H26N2O2S2. The Bertz CT molecular complexity index is 1050. The highest BCUT2D eigenvalue weighted by Gasteiger charge is 2.27. The molecule has 0 saturated carbocycles. The maximum Gasteiger partial charge on any atom is 0.341 e. The first-order valence-electron chi connectivity index (χ1n) is 10.7. The van der Waals surface area contributed by atoms with Crippen molar-refractivity contribution in [3.05, 3.63) is 82.2 Å². The van der Waals surface area contributed by atoms with Crippen LogP contribution >= 0.6 is 23.6 Å². The number of carbonyl (C=O) groups is 1. The Labute approximate surface area is 192 Å². The number of anilines is 2. The Balaban J connectivity index is 1.65. The van der Waals surface area contributed by atoms with Crippen molar-refractivity contribution in [2.75, 3.05) is 16.8 Å². The predicted octanol–water partition coefficient (Wildman–Crippen LogP) is 6.21. The minimum absolute atomic E-state index is 0.262. The standard InChI is InChI=1S/C25H26N2O2S2/c1-2-29-24(28)22-20-15-9-10-16-21(20)31-23(22)26-25(30)27(19-13-7-4-8-14-19)17-18-11-5-3-6-12-18/h3-8,11-14H,2,9-10,15-17H2,1H3,(H,26,30). The number of thiophene rings is 1. The van der Waals surface area contributed by atoms with E-state index >= 15 is 0 Å². The number of hydrogen-bond donors (Lipinski definition) is 1. The summed E-state index contributed by atoms with van der Waals surface area (Å²) in [6, 6.07) is 20.3. The largest absolute Gasteiger partial charge is 0.462 e. The minimum Gasteiger partial charge on any atom is -0.462 e. The van der Waals surface area contributed by atoms with Crippen LogP contribution < -0.4 is 10.2 Å². The molecule has 1 heterocycles. The molecule has 1 N–H and O–H groups in total. The van der Waals surface area contributed by atoms with Crippen LogP contribution in [0, 0.1) is 0 Å². The number of ether oxygens (including phenoxy) is 1. The number of benzene rings is 2. The Kier molecular flexibility index (Phi) is 6.99. The summed E-state index contributed by atoms with van der Waals surface area (Å²) in [5, 5.41) is 4.77. The normalized spacial score (nSPS) is 12.7. The van der Waals surface area contributed by atoms with Gasteiger partial charge < -0.3 is 15.0 Å². The molecule has 0 spiro atoms. The first-order chi connectivity index (χ1) is 15.2. The smallest absolute Gasteiger partial charge is 0.341 e. The maximum absolute atomic E-state index is 12.8. The van der Waals surface area contributed by atoms with Crippen LogP contribution in [-0.4, -0.2) is 17.7 Å². The molecule has 0 unspecified atom stereocenters. The van der Waals surface area contributed by atoms with Crippen molar-refractivity contribution in [3.8, 4) is 0 Å². The van der Waals surface area contributed by atoms with Crippen LogP contribution in [0.25, 0.3) is 0 Å². The first-order valence-corrected chi connectivity index (χ1v) is 11.9. The van der Waals surface area contributed by atoms with Gasteiger partial charge in [0.1, 0.15) is 5.00 Å². The van der Waals surface area contributed by atoms with Gasteiger partial charge in [0.05, 0.1) is 18.7 Å². The van der Waals surface area contributed by atoms with E-state index in [1.807, 2.05) is 55.5 Å². The van der Waals surface area contributed by atoms with Crippen molar-refractivity contribution in [2.45, 2.75) is 39.2 Å². The average Bonchev–Trinajstić information content (AvgIpc) is 3.16. The summed E-state index contributed by atoms with van der Waals surface area (Å²) in [4.78, 5) is 16.1. The van der Waals surface area contributed by atoms with E-state index in [0.29, 0.717) is 23.8 Å². The number of carbonyl (C=O) groups excluding carboxylic acids is 1. The lowest BCUT2D eigenvalue weighted by atomic mass is 9.95. The zero-order valence-electron chi connectivity index (χ0n) is 17.6. The molecule has 4 rings (SSSR count). The number of nitrogens with zero attached hydrogens (tertiary/aromatic N) is 1. The molecule has 0 amide bonds. The predicted molar refractivity (Wildman–Crippen MR) is 132 cm³/mol. The molecule has 0 saturated heterocycles. The lowest BCUT2D eigenvalue weighted by Gasteiger charge is -2.26. The number of nitrogens with one attached hydrogen (secondary N) is 1. The number of esters is 1. The second-order valence-electron chi connectivity index (χ2n) is 7.47. The summed E-state index contributed by atoms with van der Waals surface area (Å²) in [5.41, 5.74) is 3.96. The van der Waals surface area contributed by atoms with Gasteiger partial charge in [0.15, 0.2) is 5.11 Å². The highest BCUT2D eigenvalue weighted by molar-refractivity contribution is 7.80. The van der Waals surface area contributed by atoms with Crippen molar-refractivity contribution in [1.82, 2.24) is 0 Å². The van der Waals surface area contributed by atoms with Crippen molar-refractivity contribution in [2.24, 2.45) is 0 Å². The van der Waals surface area contributed by atoms with Crippen LogP contribution in [0.4, 0.5) is 10.7 Å². The van der Waals surface area contributed by atoms with Gasteiger partial charge in [-0.25, -0.2) is 4.79 Å². The molecule has 4 nitrogen and oxygen atoms in total. The lowest BCUT2D eigenvalue weighted by molar-refractivity contribution is 0.0526. The van der Waals surface area contributed by atoms with Gasteiger partial charge in [-0.1, -0.05) is 48.5 Å². The zero-order chi connectivity index (χ0) is 21.6. The molecule has 0 fully saturated rings. The molecule has 0 radical (unpaired) electrons. The van der Waals surface area contributed by atoms with E-state index in [4.69, 9.17) is 17.0 Å². The third kappa shape index (κ3) is 4.97. The van der Waals surface area contributed by atoms with Gasteiger partial charge in [0.25, 0.3) is 0 Å². The quantitative estimate of drug-likeness (QED) is 0.357. The fraction of sp³-hybridized carbons (Fsp3) is 0.280. The Hall–Kier alpha value is -2.70. The van der Waals surface area contributed by atoms with Gasteiger partial charge in [-0.3, -0.25) is 0 Å². The first kappa shape index (κ1) is 21.5. The highest BCUT2D eigenvalue weighted by atomic mass is 32.1. The van der Waals surface area contributed by atoms with Gasteiger partial charge in [-0.15, -0.1) is 11.3 Å². The van der Waals surface area contributed by atoms with Crippen LogP contribution in [0.5, 0.6) is 0 Å². The van der Waals surface area contributed by atoms with Crippen LogP contribution in [0.3, 0.4) is 0 Å². The summed E-state index contributed by atoms with van der Waals surface area (Å²) in [6.07, 6.45) is 4.18. The Morgan fingerprint density at radius 2 is 1.74 bits per heavy atom. The molecule has 0 atom stereocenters. The summed E-state index contributed by atoms with van der Waals surface area (Å²) in [5.74, 6) is -0.262. The fourth-order valence-electron chi connectivity index (χ4n) is 3.89. The van der Waals surface area contributed by atoms with E-state index in [0.717, 1.165) is 47.5 Å². The van der Waals surface area contributed by atoms with Crippen molar-refractivity contribution in [3.63, 3.8) is 0 Å². The molecule has 160 valence electrons. The summed E-state index contributed by atoms with van der Waals surface area (Å²) < 4.78 is 5.39. The molecular weight excluding hydrogens is 424 g/mol. The van der Waals surface area contributed by atoms with Crippen molar-refractivity contribution < 1.29 is 9.53 Å². The third-order valence-corrected chi connectivity index (χ3v) is 6.90. The Morgan fingerprint density at radius 3 is 2.45 bits per heavy atom. The van der Waals surface area contributed by atoms with Crippen LogP contribution in [-0.2, 0) is 24.1 Å². The molecule has 6 heteroatoms. The van der Waals surface area contributed by atoms with Gasteiger partial charge >= 0.3 is 5.97 Å². The van der Waals surface area contributed by atoms with E-state index in [-0.39, 0.29) is 5.97 Å². The van der Waals surface area contributed by atoms with Crippen LogP contribution in [0.15, 0.2) is 60.7 Å². The van der Waals surface area contributed by atoms with Gasteiger partial charge in [0.2, 0.25) is 0 Å². The second-order valence-corrected chi connectivity index (χ2v) is 8.96. The highest BCUT2D eigenvalue weighted by Crippen LogP contribution is 2.39. The molecule has 1 aromatic heterocycles. The molecule has 1 aliphatic rings. The van der Waals surface area contributed by atoms with Gasteiger partial charge in [0, 0.05) is 10.6 Å². The van der Waals surface area contributed by atoms with Crippen LogP contribution in [0.1, 0.15) is 46.1 Å². The molecule has 0 aliphatic heterocycles. The zero-order valence-corrected chi connectivity index (χ0v) is 19.2.